The van der Waals surface area contributed by atoms with Gasteiger partial charge in [-0.05, 0) is 36.6 Å². The number of benzene rings is 2. The fourth-order valence-electron chi connectivity index (χ4n) is 3.17. The van der Waals surface area contributed by atoms with E-state index < -0.39 is 10.1 Å². The molecular formula is C22H29KO5S. The summed E-state index contributed by atoms with van der Waals surface area (Å²) < 4.78 is 38.2. The van der Waals surface area contributed by atoms with E-state index in [0.717, 1.165) is 18.4 Å². The van der Waals surface area contributed by atoms with Gasteiger partial charge >= 0.3 is 51.4 Å². The Morgan fingerprint density at radius 1 is 0.897 bits per heavy atom. The predicted octanol–water partition coefficient (Wildman–Crippen LogP) is 2.49. The quantitative estimate of drug-likeness (QED) is 0.309. The molecule has 0 bridgehead atoms. The number of ether oxygens (including phenoxy) is 1. The van der Waals surface area contributed by atoms with Gasteiger partial charge in [-0.1, -0.05) is 76.1 Å². The molecule has 2 rings (SSSR count). The molecule has 2 aromatic carbocycles. The molecule has 0 aliphatic heterocycles. The molecule has 0 heterocycles. The summed E-state index contributed by atoms with van der Waals surface area (Å²) in [4.78, 5) is -0.292. The molecule has 0 fully saturated rings. The Hall–Kier alpha value is -0.414. The van der Waals surface area contributed by atoms with Crippen LogP contribution in [0.25, 0.3) is 0 Å². The first-order valence-electron chi connectivity index (χ1n) is 9.96. The maximum absolute atomic E-state index is 11.8. The molecule has 0 aliphatic carbocycles. The first-order chi connectivity index (χ1) is 13.4. The van der Waals surface area contributed by atoms with Crippen LogP contribution in [0, 0.1) is 0 Å². The van der Waals surface area contributed by atoms with Crippen molar-refractivity contribution in [1.82, 2.24) is 0 Å². The van der Waals surface area contributed by atoms with Crippen LogP contribution in [0.5, 0.6) is 17.2 Å². The number of hydrogen-bond acceptors (Lipinski definition) is 4. The van der Waals surface area contributed by atoms with Crippen LogP contribution in [0.3, 0.4) is 0 Å². The second kappa shape index (κ2) is 13.8. The van der Waals surface area contributed by atoms with E-state index in [9.17, 15) is 18.1 Å². The monoisotopic (exact) mass is 444 g/mol. The van der Waals surface area contributed by atoms with Crippen LogP contribution in [-0.4, -0.2) is 13.0 Å². The van der Waals surface area contributed by atoms with Gasteiger partial charge in [-0.3, -0.25) is 4.55 Å². The third-order valence-corrected chi connectivity index (χ3v) is 5.57. The first-order valence-corrected chi connectivity index (χ1v) is 11.4. The number of hydrogen-bond donors (Lipinski definition) is 1. The molecule has 0 atom stereocenters. The molecule has 0 spiro atoms. The van der Waals surface area contributed by atoms with Crippen molar-refractivity contribution in [3.63, 3.8) is 0 Å². The molecule has 29 heavy (non-hydrogen) atoms. The molecule has 0 amide bonds. The normalized spacial score (nSPS) is 11.1. The first kappa shape index (κ1) is 26.6. The van der Waals surface area contributed by atoms with Crippen LogP contribution in [0.1, 0.15) is 63.9 Å². The van der Waals surface area contributed by atoms with Gasteiger partial charge in [0, 0.05) is 0 Å². The minimum Gasteiger partial charge on any atom is -0.872 e. The zero-order valence-electron chi connectivity index (χ0n) is 17.4. The molecule has 0 aromatic heterocycles. The average Bonchev–Trinajstić information content (AvgIpc) is 2.65. The van der Waals surface area contributed by atoms with E-state index >= 15 is 0 Å². The topological polar surface area (TPSA) is 86.7 Å². The molecule has 2 aromatic rings. The van der Waals surface area contributed by atoms with Gasteiger partial charge in [0.2, 0.25) is 0 Å². The summed E-state index contributed by atoms with van der Waals surface area (Å²) in [6.07, 6.45) is 10.2. The average molecular weight is 445 g/mol. The molecule has 7 heteroatoms. The van der Waals surface area contributed by atoms with Crippen molar-refractivity contribution in [1.29, 1.82) is 0 Å². The number of aryl methyl sites for hydroxylation is 1. The molecular weight excluding hydrogens is 415 g/mol. The van der Waals surface area contributed by atoms with Crippen molar-refractivity contribution in [2.24, 2.45) is 0 Å². The fraction of sp³-hybridized carbons (Fsp3) is 0.455. The minimum atomic E-state index is -4.40. The van der Waals surface area contributed by atoms with Crippen molar-refractivity contribution >= 4 is 10.1 Å². The van der Waals surface area contributed by atoms with E-state index in [1.807, 2.05) is 0 Å². The fourth-order valence-corrected chi connectivity index (χ4v) is 3.78. The van der Waals surface area contributed by atoms with Gasteiger partial charge in [-0.15, -0.1) is 5.75 Å². The van der Waals surface area contributed by atoms with Crippen molar-refractivity contribution in [3.05, 3.63) is 48.0 Å². The number of unbranched alkanes of at least 4 members (excludes halogenated alkanes) is 7. The standard InChI is InChI=1S/C22H30O5S.K/c1-2-3-4-5-6-7-8-9-12-18-17-19(23)15-16-20(18)27-21-13-10-11-14-22(21)28(24,25)26;/h10-11,13-17,23H,2-9,12H2,1H3,(H,24,25,26);/q;+1/p-1. The Morgan fingerprint density at radius 2 is 1.52 bits per heavy atom. The maximum Gasteiger partial charge on any atom is 1.00 e. The molecule has 5 nitrogen and oxygen atoms in total. The van der Waals surface area contributed by atoms with E-state index in [-0.39, 0.29) is 67.8 Å². The smallest absolute Gasteiger partial charge is 0.872 e. The Labute approximate surface area is 217 Å². The Kier molecular flexibility index (Phi) is 12.7. The van der Waals surface area contributed by atoms with Gasteiger partial charge in [-0.2, -0.15) is 8.42 Å². The third kappa shape index (κ3) is 9.51. The van der Waals surface area contributed by atoms with E-state index in [1.165, 1.54) is 68.9 Å². The van der Waals surface area contributed by atoms with Gasteiger partial charge in [0.1, 0.15) is 16.4 Å². The summed E-state index contributed by atoms with van der Waals surface area (Å²) >= 11 is 0. The molecule has 0 radical (unpaired) electrons. The third-order valence-electron chi connectivity index (χ3n) is 4.68. The van der Waals surface area contributed by atoms with E-state index in [2.05, 4.69) is 6.92 Å². The second-order valence-corrected chi connectivity index (χ2v) is 8.41. The second-order valence-electron chi connectivity index (χ2n) is 7.02. The molecule has 1 N–H and O–H groups in total. The zero-order valence-corrected chi connectivity index (χ0v) is 21.3. The van der Waals surface area contributed by atoms with E-state index in [1.54, 1.807) is 12.1 Å². The predicted molar refractivity (Wildman–Crippen MR) is 109 cm³/mol. The minimum absolute atomic E-state index is 0. The summed E-state index contributed by atoms with van der Waals surface area (Å²) in [6.45, 7) is 2.21. The SMILES string of the molecule is CCCCCCCCCCc1cc([O-])ccc1Oc1ccccc1S(=O)(=O)O.[K+]. The van der Waals surface area contributed by atoms with Crippen LogP contribution < -0.4 is 61.2 Å². The van der Waals surface area contributed by atoms with Crippen LogP contribution >= 0.6 is 0 Å². The molecule has 0 saturated carbocycles. The Morgan fingerprint density at radius 3 is 2.17 bits per heavy atom. The largest absolute Gasteiger partial charge is 1.00 e. The summed E-state index contributed by atoms with van der Waals surface area (Å²) in [5, 5.41) is 11.8. The molecule has 0 saturated heterocycles. The van der Waals surface area contributed by atoms with Gasteiger partial charge in [-0.25, -0.2) is 0 Å². The van der Waals surface area contributed by atoms with Crippen LogP contribution in [0.2, 0.25) is 0 Å². The van der Waals surface area contributed by atoms with Gasteiger partial charge in [0.25, 0.3) is 10.1 Å². The summed E-state index contributed by atoms with van der Waals surface area (Å²) in [7, 11) is -4.40. The Balaban J connectivity index is 0.00000420. The summed E-state index contributed by atoms with van der Waals surface area (Å²) in [6, 6.07) is 10.4. The van der Waals surface area contributed by atoms with Crippen molar-refractivity contribution in [3.8, 4) is 17.2 Å². The summed E-state index contributed by atoms with van der Waals surface area (Å²) in [5.41, 5.74) is 0.753. The van der Waals surface area contributed by atoms with E-state index in [0.29, 0.717) is 12.2 Å². The molecule has 0 unspecified atom stereocenters. The van der Waals surface area contributed by atoms with Gasteiger partial charge in [0.15, 0.2) is 0 Å². The van der Waals surface area contributed by atoms with Crippen molar-refractivity contribution in [2.45, 2.75) is 69.6 Å². The molecule has 154 valence electrons. The van der Waals surface area contributed by atoms with Crippen molar-refractivity contribution in [2.75, 3.05) is 0 Å². The van der Waals surface area contributed by atoms with E-state index in [4.69, 9.17) is 4.74 Å². The van der Waals surface area contributed by atoms with Gasteiger partial charge in [0.05, 0.1) is 0 Å². The number of rotatable bonds is 12. The number of para-hydroxylation sites is 1. The maximum atomic E-state index is 11.8. The zero-order chi connectivity index (χ0) is 20.4. The Bertz CT molecular complexity index is 852. The van der Waals surface area contributed by atoms with Crippen molar-refractivity contribution < 1.29 is 74.2 Å². The van der Waals surface area contributed by atoms with Gasteiger partial charge < -0.3 is 9.84 Å². The summed E-state index contributed by atoms with van der Waals surface area (Å²) in [5.74, 6) is 0.379. The molecule has 0 aliphatic rings. The van der Waals surface area contributed by atoms with Crippen LogP contribution in [0.4, 0.5) is 0 Å². The van der Waals surface area contributed by atoms with Crippen LogP contribution in [-0.2, 0) is 16.5 Å². The van der Waals surface area contributed by atoms with Crippen LogP contribution in [0.15, 0.2) is 47.4 Å².